The molecule has 0 aliphatic heterocycles. The number of aromatic nitrogens is 1. The molecule has 3 aromatic rings. The maximum absolute atomic E-state index is 12.1. The Labute approximate surface area is 142 Å². The van der Waals surface area contributed by atoms with Crippen molar-refractivity contribution in [1.82, 2.24) is 9.88 Å². The van der Waals surface area contributed by atoms with Crippen LogP contribution in [0.3, 0.4) is 0 Å². The number of thiazole rings is 1. The Kier molecular flexibility index (Phi) is 4.77. The second-order valence-corrected chi connectivity index (χ2v) is 6.19. The highest BCUT2D eigenvalue weighted by Crippen LogP contribution is 2.10. The van der Waals surface area contributed by atoms with E-state index in [0.717, 1.165) is 22.5 Å². The number of nitrogens with zero attached hydrogens (tertiary/aromatic N) is 1. The first kappa shape index (κ1) is 16.0. The van der Waals surface area contributed by atoms with Crippen LogP contribution in [-0.2, 0) is 13.1 Å². The van der Waals surface area contributed by atoms with Crippen molar-refractivity contribution >= 4 is 23.3 Å². The second kappa shape index (κ2) is 7.14. The fourth-order valence-corrected chi connectivity index (χ4v) is 2.98. The lowest BCUT2D eigenvalue weighted by Gasteiger charge is -2.03. The van der Waals surface area contributed by atoms with Gasteiger partial charge in [0, 0.05) is 6.20 Å². The molecule has 2 heterocycles. The molecule has 24 heavy (non-hydrogen) atoms. The summed E-state index contributed by atoms with van der Waals surface area (Å²) in [6.07, 6.45) is 4.90. The van der Waals surface area contributed by atoms with E-state index in [1.54, 1.807) is 30.7 Å². The molecule has 5 nitrogen and oxygen atoms in total. The average molecular weight is 340 g/mol. The summed E-state index contributed by atoms with van der Waals surface area (Å²) < 4.78 is 6.70. The van der Waals surface area contributed by atoms with Crippen LogP contribution in [0.4, 0.5) is 0 Å². The Balaban J connectivity index is 1.68. The first-order valence-electron chi connectivity index (χ1n) is 7.38. The summed E-state index contributed by atoms with van der Waals surface area (Å²) in [6.45, 7) is 4.43. The van der Waals surface area contributed by atoms with Crippen molar-refractivity contribution in [2.45, 2.75) is 13.1 Å². The molecule has 1 amide bonds. The molecule has 0 radical (unpaired) electrons. The smallest absolute Gasteiger partial charge is 0.308 e. The monoisotopic (exact) mass is 340 g/mol. The third-order valence-corrected chi connectivity index (χ3v) is 4.42. The summed E-state index contributed by atoms with van der Waals surface area (Å²) in [5, 5.41) is 2.74. The number of carbonyl (C=O) groups excluding carboxylic acids is 1. The van der Waals surface area contributed by atoms with Crippen LogP contribution < -0.4 is 10.2 Å². The predicted molar refractivity (Wildman–Crippen MR) is 94.1 cm³/mol. The van der Waals surface area contributed by atoms with E-state index in [-0.39, 0.29) is 10.8 Å². The van der Waals surface area contributed by atoms with Crippen molar-refractivity contribution in [2.75, 3.05) is 0 Å². The molecule has 122 valence electrons. The summed E-state index contributed by atoms with van der Waals surface area (Å²) in [7, 11) is 0. The van der Waals surface area contributed by atoms with Gasteiger partial charge in [-0.3, -0.25) is 9.59 Å². The fourth-order valence-electron chi connectivity index (χ4n) is 2.21. The minimum atomic E-state index is -0.283. The molecule has 0 unspecified atom stereocenters. The summed E-state index contributed by atoms with van der Waals surface area (Å²) in [5.41, 5.74) is 2.01. The molecule has 0 aliphatic carbocycles. The van der Waals surface area contributed by atoms with E-state index in [1.807, 2.05) is 24.3 Å². The zero-order valence-electron chi connectivity index (χ0n) is 12.9. The van der Waals surface area contributed by atoms with E-state index in [2.05, 4.69) is 11.9 Å². The van der Waals surface area contributed by atoms with E-state index < -0.39 is 0 Å². The molecule has 3 rings (SSSR count). The number of benzene rings is 1. The van der Waals surface area contributed by atoms with Gasteiger partial charge in [0.1, 0.15) is 10.6 Å². The number of hydrogen-bond acceptors (Lipinski definition) is 4. The lowest BCUT2D eigenvalue weighted by atomic mass is 10.1. The van der Waals surface area contributed by atoms with Crippen molar-refractivity contribution < 1.29 is 9.21 Å². The van der Waals surface area contributed by atoms with E-state index >= 15 is 0 Å². The first-order valence-corrected chi connectivity index (χ1v) is 8.19. The highest BCUT2D eigenvalue weighted by molar-refractivity contribution is 7.11. The molecular weight excluding hydrogens is 324 g/mol. The van der Waals surface area contributed by atoms with Crippen molar-refractivity contribution in [3.63, 3.8) is 0 Å². The van der Waals surface area contributed by atoms with Gasteiger partial charge in [0.05, 0.1) is 19.4 Å². The number of furan rings is 1. The Morgan fingerprint density at radius 2 is 2.08 bits per heavy atom. The normalized spacial score (nSPS) is 10.5. The highest BCUT2D eigenvalue weighted by atomic mass is 32.1. The Morgan fingerprint density at radius 1 is 1.29 bits per heavy atom. The van der Waals surface area contributed by atoms with Gasteiger partial charge < -0.3 is 14.3 Å². The lowest BCUT2D eigenvalue weighted by Crippen LogP contribution is -2.21. The van der Waals surface area contributed by atoms with Gasteiger partial charge >= 0.3 is 4.87 Å². The summed E-state index contributed by atoms with van der Waals surface area (Å²) in [4.78, 5) is 24.4. The van der Waals surface area contributed by atoms with Crippen LogP contribution in [-0.4, -0.2) is 10.5 Å². The minimum absolute atomic E-state index is 0.161. The maximum Gasteiger partial charge on any atom is 0.308 e. The molecular formula is C18H16N2O3S. The molecule has 0 atom stereocenters. The first-order chi connectivity index (χ1) is 11.7. The van der Waals surface area contributed by atoms with Crippen molar-refractivity contribution in [2.24, 2.45) is 0 Å². The average Bonchev–Trinajstić information content (AvgIpc) is 3.24. The number of carbonyl (C=O) groups is 1. The number of hydrogen-bond donors (Lipinski definition) is 1. The molecule has 6 heteroatoms. The van der Waals surface area contributed by atoms with Crippen molar-refractivity contribution in [3.8, 4) is 0 Å². The van der Waals surface area contributed by atoms with Crippen molar-refractivity contribution in [3.05, 3.63) is 86.9 Å². The van der Waals surface area contributed by atoms with E-state index in [0.29, 0.717) is 23.7 Å². The second-order valence-electron chi connectivity index (χ2n) is 5.20. The summed E-state index contributed by atoms with van der Waals surface area (Å²) >= 11 is 0.935. The van der Waals surface area contributed by atoms with Crippen molar-refractivity contribution in [1.29, 1.82) is 0 Å². The Morgan fingerprint density at radius 3 is 2.75 bits per heavy atom. The van der Waals surface area contributed by atoms with E-state index in [1.165, 1.54) is 4.57 Å². The molecule has 1 aromatic carbocycles. The van der Waals surface area contributed by atoms with Gasteiger partial charge in [0.25, 0.3) is 5.91 Å². The van der Waals surface area contributed by atoms with Crippen LogP contribution in [0.1, 0.15) is 26.6 Å². The molecule has 2 aromatic heterocycles. The van der Waals surface area contributed by atoms with Crippen LogP contribution in [0.25, 0.3) is 6.08 Å². The zero-order chi connectivity index (χ0) is 16.9. The Hall–Kier alpha value is -2.86. The molecule has 0 saturated heterocycles. The molecule has 0 bridgehead atoms. The van der Waals surface area contributed by atoms with E-state index in [4.69, 9.17) is 4.42 Å². The third kappa shape index (κ3) is 3.72. The van der Waals surface area contributed by atoms with Gasteiger partial charge in [-0.05, 0) is 23.3 Å². The van der Waals surface area contributed by atoms with Gasteiger partial charge in [-0.1, -0.05) is 48.3 Å². The van der Waals surface area contributed by atoms with Gasteiger partial charge in [0.2, 0.25) is 0 Å². The van der Waals surface area contributed by atoms with Crippen LogP contribution in [0.5, 0.6) is 0 Å². The van der Waals surface area contributed by atoms with E-state index in [9.17, 15) is 9.59 Å². The fraction of sp³-hybridized carbons (Fsp3) is 0.111. The SMILES string of the molecule is C=Cc1ccc(Cn2cc(C(=O)NCc3ccco3)sc2=O)cc1. The number of amides is 1. The topological polar surface area (TPSA) is 64.2 Å². The molecule has 0 fully saturated rings. The van der Waals surface area contributed by atoms with Crippen LogP contribution in [0.15, 0.2) is 64.6 Å². The number of rotatable bonds is 6. The van der Waals surface area contributed by atoms with Gasteiger partial charge in [0.15, 0.2) is 0 Å². The molecule has 0 aliphatic rings. The molecule has 0 saturated carbocycles. The van der Waals surface area contributed by atoms with Gasteiger partial charge in [-0.2, -0.15) is 0 Å². The lowest BCUT2D eigenvalue weighted by molar-refractivity contribution is 0.0951. The third-order valence-electron chi connectivity index (χ3n) is 3.50. The largest absolute Gasteiger partial charge is 0.467 e. The van der Waals surface area contributed by atoms with Crippen LogP contribution in [0.2, 0.25) is 0 Å². The molecule has 0 spiro atoms. The minimum Gasteiger partial charge on any atom is -0.467 e. The summed E-state index contributed by atoms with van der Waals surface area (Å²) in [6, 6.07) is 11.3. The van der Waals surface area contributed by atoms with Gasteiger partial charge in [-0.25, -0.2) is 0 Å². The maximum atomic E-state index is 12.1. The van der Waals surface area contributed by atoms with Gasteiger partial charge in [-0.15, -0.1) is 0 Å². The summed E-state index contributed by atoms with van der Waals surface area (Å²) in [5.74, 6) is 0.381. The highest BCUT2D eigenvalue weighted by Gasteiger charge is 2.12. The standard InChI is InChI=1S/C18H16N2O3S/c1-2-13-5-7-14(8-6-13)11-20-12-16(24-18(20)22)17(21)19-10-15-4-3-9-23-15/h2-9,12H,1,10-11H2,(H,19,21). The Bertz CT molecular complexity index is 889. The van der Waals surface area contributed by atoms with Crippen LogP contribution in [0, 0.1) is 0 Å². The quantitative estimate of drug-likeness (QED) is 0.750. The predicted octanol–water partition coefficient (Wildman–Crippen LogP) is 3.12. The van der Waals surface area contributed by atoms with Crippen LogP contribution >= 0.6 is 11.3 Å². The zero-order valence-corrected chi connectivity index (χ0v) is 13.7. The molecule has 1 N–H and O–H groups in total. The number of nitrogens with one attached hydrogen (secondary N) is 1.